The van der Waals surface area contributed by atoms with Gasteiger partial charge in [-0.15, -0.1) is 0 Å². The average Bonchev–Trinajstić information content (AvgIpc) is 1.84. The minimum atomic E-state index is -1.08. The number of hydrogen-bond acceptors (Lipinski definition) is 6. The summed E-state index contributed by atoms with van der Waals surface area (Å²) in [5.74, 6) is -2.17. The summed E-state index contributed by atoms with van der Waals surface area (Å²) in [5.41, 5.74) is 0. The van der Waals surface area contributed by atoms with Crippen LogP contribution in [0, 0.1) is 0 Å². The van der Waals surface area contributed by atoms with Crippen LogP contribution >= 0.6 is 0 Å². The maximum atomic E-state index is 9.68. The fourth-order valence-electron chi connectivity index (χ4n) is 0. The first-order valence-corrected chi connectivity index (χ1v) is 5.74. The Balaban J connectivity index is -0.000000117. The van der Waals surface area contributed by atoms with Gasteiger partial charge in [0.15, 0.2) is 0 Å². The molecule has 0 saturated carbocycles. The number of carbonyl (C=O) groups is 3. The van der Waals surface area contributed by atoms with Crippen LogP contribution in [-0.2, 0) is 40.4 Å². The van der Waals surface area contributed by atoms with E-state index in [4.69, 9.17) is 19.8 Å². The summed E-state index contributed by atoms with van der Waals surface area (Å²) in [6, 6.07) is 0. The van der Waals surface area contributed by atoms with Crippen molar-refractivity contribution in [3.63, 3.8) is 0 Å². The summed E-state index contributed by atoms with van der Waals surface area (Å²) in [6.07, 6.45) is 0. The number of aliphatic carboxylic acids is 2. The average molecular weight is 378 g/mol. The molecule has 13 heavy (non-hydrogen) atoms. The summed E-state index contributed by atoms with van der Waals surface area (Å²) >= 11 is 0.167. The molecular weight excluding hydrogens is 369 g/mol. The topological polar surface area (TPSA) is 107 Å². The third-order valence-corrected chi connectivity index (χ3v) is 1.35. The van der Waals surface area contributed by atoms with E-state index in [2.05, 4.69) is 4.74 Å². The van der Waals surface area contributed by atoms with Gasteiger partial charge in [-0.2, -0.15) is 0 Å². The van der Waals surface area contributed by atoms with Gasteiger partial charge in [0, 0.05) is 11.9 Å². The van der Waals surface area contributed by atoms with E-state index in [1.807, 2.05) is 0 Å². The molecule has 6 nitrogen and oxygen atoms in total. The SMILES string of the molecule is CC(=O)[O-].CC(=O)[O-].CO[C](=O)[Hg+2]. The Labute approximate surface area is 91.9 Å². The summed E-state index contributed by atoms with van der Waals surface area (Å²) in [4.78, 5) is 27.5. The van der Waals surface area contributed by atoms with Gasteiger partial charge in [-0.3, -0.25) is 0 Å². The molecular formula is C6H9HgO6. The number of rotatable bonds is 0. The van der Waals surface area contributed by atoms with Crippen molar-refractivity contribution in [3.05, 3.63) is 0 Å². The van der Waals surface area contributed by atoms with Crippen molar-refractivity contribution in [2.75, 3.05) is 7.11 Å². The predicted octanol–water partition coefficient (Wildman–Crippen LogP) is -2.19. The number of methoxy groups -OCH3 is 1. The number of ether oxygens (including phenoxy) is 1. The Hall–Kier alpha value is -0.655. The molecule has 0 rings (SSSR count). The zero-order valence-electron chi connectivity index (χ0n) is 7.66. The van der Waals surface area contributed by atoms with Gasteiger partial charge in [0.1, 0.15) is 0 Å². The summed E-state index contributed by atoms with van der Waals surface area (Å²) in [7, 11) is 1.40. The second kappa shape index (κ2) is 13.9. The van der Waals surface area contributed by atoms with Crippen LogP contribution < -0.4 is 10.2 Å². The summed E-state index contributed by atoms with van der Waals surface area (Å²) in [6.45, 7) is 1.94. The van der Waals surface area contributed by atoms with E-state index in [1.54, 1.807) is 0 Å². The first-order chi connectivity index (χ1) is 5.73. The van der Waals surface area contributed by atoms with Gasteiger partial charge in [0.05, 0.1) is 0 Å². The van der Waals surface area contributed by atoms with Gasteiger partial charge in [-0.25, -0.2) is 0 Å². The Kier molecular flexibility index (Phi) is 19.5. The molecule has 71 valence electrons. The molecule has 0 aromatic heterocycles. The molecule has 0 amide bonds. The van der Waals surface area contributed by atoms with E-state index < -0.39 is 11.9 Å². The van der Waals surface area contributed by atoms with Crippen LogP contribution in [0.5, 0.6) is 0 Å². The molecule has 0 spiro atoms. The fourth-order valence-corrected chi connectivity index (χ4v) is 0. The maximum absolute atomic E-state index is 9.68. The van der Waals surface area contributed by atoms with Crippen LogP contribution in [0.15, 0.2) is 0 Å². The van der Waals surface area contributed by atoms with Crippen molar-refractivity contribution in [1.29, 1.82) is 0 Å². The fraction of sp³-hybridized carbons (Fsp3) is 0.500. The van der Waals surface area contributed by atoms with E-state index in [0.29, 0.717) is 0 Å². The van der Waals surface area contributed by atoms with E-state index in [1.165, 1.54) is 7.11 Å². The second-order valence-corrected chi connectivity index (χ2v) is 3.80. The molecule has 0 aromatic rings. The van der Waals surface area contributed by atoms with Crippen molar-refractivity contribution < 1.29 is 55.5 Å². The minimum absolute atomic E-state index is 0.0509. The molecule has 0 aliphatic rings. The van der Waals surface area contributed by atoms with Gasteiger partial charge >= 0.3 is 46.2 Å². The monoisotopic (exact) mass is 379 g/mol. The van der Waals surface area contributed by atoms with E-state index in [0.717, 1.165) is 13.8 Å². The van der Waals surface area contributed by atoms with Crippen LogP contribution in [0.1, 0.15) is 13.8 Å². The molecule has 0 aromatic carbocycles. The van der Waals surface area contributed by atoms with Gasteiger partial charge in [-0.05, 0) is 13.8 Å². The predicted molar refractivity (Wildman–Crippen MR) is 33.8 cm³/mol. The zero-order chi connectivity index (χ0) is 11.4. The Morgan fingerprint density at radius 2 is 1.15 bits per heavy atom. The number of hydrogen-bond donors (Lipinski definition) is 0. The van der Waals surface area contributed by atoms with Crippen molar-refractivity contribution >= 4 is 15.4 Å². The van der Waals surface area contributed by atoms with Crippen LogP contribution in [-0.4, -0.2) is 22.5 Å². The summed E-state index contributed by atoms with van der Waals surface area (Å²) < 4.78 is 4.15. The number of carboxylic acids is 2. The van der Waals surface area contributed by atoms with Gasteiger partial charge in [-0.1, -0.05) is 0 Å². The zero-order valence-corrected chi connectivity index (χ0v) is 13.2. The number of carboxylic acid groups (broad SMARTS) is 2. The molecule has 7 heteroatoms. The Morgan fingerprint density at radius 1 is 1.08 bits per heavy atom. The molecule has 0 bridgehead atoms. The van der Waals surface area contributed by atoms with Crippen LogP contribution in [0.2, 0.25) is 0 Å². The van der Waals surface area contributed by atoms with E-state index >= 15 is 0 Å². The van der Waals surface area contributed by atoms with E-state index in [-0.39, 0.29) is 29.6 Å². The summed E-state index contributed by atoms with van der Waals surface area (Å²) in [5, 5.41) is 17.8. The Bertz CT molecular complexity index is 147. The van der Waals surface area contributed by atoms with Crippen molar-refractivity contribution in [1.82, 2.24) is 0 Å². The molecule has 0 fully saturated rings. The van der Waals surface area contributed by atoms with E-state index in [9.17, 15) is 4.79 Å². The van der Waals surface area contributed by atoms with Crippen molar-refractivity contribution in [3.8, 4) is 0 Å². The standard InChI is InChI=1S/C2H3O2.2C2H4O2.Hg/c1-4-2-3;2*1-2(3)4;/h1H3;2*1H3,(H,3,4);/q;;;+2/p-2. The van der Waals surface area contributed by atoms with Crippen molar-refractivity contribution in [2.24, 2.45) is 0 Å². The first kappa shape index (κ1) is 18.2. The molecule has 0 radical (unpaired) electrons. The van der Waals surface area contributed by atoms with Gasteiger partial charge < -0.3 is 19.8 Å². The van der Waals surface area contributed by atoms with Crippen LogP contribution in [0.3, 0.4) is 0 Å². The molecule has 0 N–H and O–H groups in total. The number of carbonyl (C=O) groups excluding carboxylic acids is 3. The molecule has 0 aliphatic carbocycles. The third kappa shape index (κ3) is 548. The van der Waals surface area contributed by atoms with Crippen LogP contribution in [0.25, 0.3) is 0 Å². The third-order valence-electron chi connectivity index (χ3n) is 0.228. The van der Waals surface area contributed by atoms with Crippen LogP contribution in [0.4, 0.5) is 4.79 Å². The van der Waals surface area contributed by atoms with Gasteiger partial charge in [0.2, 0.25) is 0 Å². The second-order valence-electron chi connectivity index (χ2n) is 1.56. The molecule has 0 unspecified atom stereocenters. The first-order valence-electron chi connectivity index (χ1n) is 2.99. The molecule has 0 saturated heterocycles. The molecule has 0 aliphatic heterocycles. The Morgan fingerprint density at radius 3 is 1.15 bits per heavy atom. The quantitative estimate of drug-likeness (QED) is 0.444. The molecule has 0 heterocycles. The molecule has 0 atom stereocenters. The van der Waals surface area contributed by atoms with Crippen molar-refractivity contribution in [2.45, 2.75) is 13.8 Å². The normalized spacial score (nSPS) is 6.54. The van der Waals surface area contributed by atoms with Gasteiger partial charge in [0.25, 0.3) is 0 Å².